The molecule has 206 valence electrons. The number of ether oxygens (including phenoxy) is 4. The molecule has 1 saturated heterocycles. The highest BCUT2D eigenvalue weighted by Gasteiger charge is 2.21. The Balaban J connectivity index is 0.00000400. The minimum Gasteiger partial charge on any atom is -0.493 e. The molecule has 0 saturated carbocycles. The molecule has 1 aromatic heterocycles. The van der Waals surface area contributed by atoms with Crippen molar-refractivity contribution in [2.45, 2.75) is 13.3 Å². The lowest BCUT2D eigenvalue weighted by atomic mass is 10.1. The number of amides is 1. The summed E-state index contributed by atoms with van der Waals surface area (Å²) in [6.07, 6.45) is 4.11. The van der Waals surface area contributed by atoms with E-state index in [4.69, 9.17) is 35.5 Å². The number of aryl methyl sites for hydroxylation is 1. The number of hydrogen-bond acceptors (Lipinski definition) is 8. The van der Waals surface area contributed by atoms with Crippen molar-refractivity contribution in [3.63, 3.8) is 0 Å². The molecule has 0 aliphatic carbocycles. The number of hydrogen-bond donors (Lipinski definition) is 0. The second-order valence-electron chi connectivity index (χ2n) is 8.63. The van der Waals surface area contributed by atoms with E-state index in [1.165, 1.54) is 11.3 Å². The average Bonchev–Trinajstić information content (AvgIpc) is 3.38. The number of methoxy groups -OCH3 is 3. The Kier molecular flexibility index (Phi) is 11.1. The molecular weight excluding hydrogens is 549 g/mol. The lowest BCUT2D eigenvalue weighted by Gasteiger charge is -2.27. The normalized spacial score (nSPS) is 13.9. The Morgan fingerprint density at radius 2 is 1.84 bits per heavy atom. The van der Waals surface area contributed by atoms with Crippen LogP contribution < -0.4 is 19.1 Å². The Morgan fingerprint density at radius 1 is 1.16 bits per heavy atom. The minimum atomic E-state index is -0.163. The van der Waals surface area contributed by atoms with Crippen molar-refractivity contribution in [2.75, 3.05) is 65.6 Å². The van der Waals surface area contributed by atoms with Gasteiger partial charge in [0.15, 0.2) is 16.6 Å². The van der Waals surface area contributed by atoms with Gasteiger partial charge in [-0.15, -0.1) is 12.4 Å². The van der Waals surface area contributed by atoms with Crippen LogP contribution in [-0.2, 0) is 9.53 Å². The number of halogens is 2. The molecule has 0 spiro atoms. The van der Waals surface area contributed by atoms with Gasteiger partial charge in [0.2, 0.25) is 5.75 Å². The van der Waals surface area contributed by atoms with Crippen LogP contribution in [0, 0.1) is 6.92 Å². The SMILES string of the molecule is COc1cc(/C=C/C(=O)N(CCCN2CCOCC2)c2nc3c(C)ccc(Cl)c3s2)cc(OC)c1OC.Cl. The molecule has 2 aromatic carbocycles. The fraction of sp³-hybridized carbons (Fsp3) is 0.407. The van der Waals surface area contributed by atoms with E-state index in [0.717, 1.165) is 60.6 Å². The zero-order valence-corrected chi connectivity index (χ0v) is 24.4. The van der Waals surface area contributed by atoms with Crippen LogP contribution in [0.3, 0.4) is 0 Å². The summed E-state index contributed by atoms with van der Waals surface area (Å²) in [5.74, 6) is 1.38. The molecule has 11 heteroatoms. The highest BCUT2D eigenvalue weighted by atomic mass is 35.5. The number of aromatic nitrogens is 1. The van der Waals surface area contributed by atoms with Gasteiger partial charge in [0.25, 0.3) is 5.91 Å². The fourth-order valence-corrected chi connectivity index (χ4v) is 5.59. The molecule has 0 N–H and O–H groups in total. The second kappa shape index (κ2) is 14.0. The van der Waals surface area contributed by atoms with Crippen LogP contribution in [0.5, 0.6) is 17.2 Å². The monoisotopic (exact) mass is 581 g/mol. The molecule has 0 radical (unpaired) electrons. The number of thiazole rings is 1. The molecule has 0 unspecified atom stereocenters. The van der Waals surface area contributed by atoms with Gasteiger partial charge in [-0.2, -0.15) is 0 Å². The first-order chi connectivity index (χ1) is 17.9. The Bertz CT molecular complexity index is 1210. The number of morpholine rings is 1. The lowest BCUT2D eigenvalue weighted by molar-refractivity contribution is -0.114. The van der Waals surface area contributed by atoms with Gasteiger partial charge >= 0.3 is 0 Å². The van der Waals surface area contributed by atoms with Crippen molar-refractivity contribution in [2.24, 2.45) is 0 Å². The van der Waals surface area contributed by atoms with Crippen molar-refractivity contribution >= 4 is 62.7 Å². The Hall–Kier alpha value is -2.56. The van der Waals surface area contributed by atoms with Crippen molar-refractivity contribution in [1.29, 1.82) is 0 Å². The van der Waals surface area contributed by atoms with Crippen LogP contribution in [0.4, 0.5) is 5.13 Å². The summed E-state index contributed by atoms with van der Waals surface area (Å²) in [6.45, 7) is 6.72. The minimum absolute atomic E-state index is 0. The number of carbonyl (C=O) groups is 1. The van der Waals surface area contributed by atoms with Crippen molar-refractivity contribution in [3.05, 3.63) is 46.5 Å². The van der Waals surface area contributed by atoms with E-state index in [1.54, 1.807) is 50.5 Å². The summed E-state index contributed by atoms with van der Waals surface area (Å²) in [5.41, 5.74) is 2.60. The third-order valence-electron chi connectivity index (χ3n) is 6.25. The van der Waals surface area contributed by atoms with Gasteiger partial charge < -0.3 is 18.9 Å². The maximum Gasteiger partial charge on any atom is 0.252 e. The van der Waals surface area contributed by atoms with E-state index in [1.807, 2.05) is 19.1 Å². The molecule has 38 heavy (non-hydrogen) atoms. The van der Waals surface area contributed by atoms with Gasteiger partial charge in [-0.05, 0) is 48.7 Å². The predicted octanol–water partition coefficient (Wildman–Crippen LogP) is 5.47. The van der Waals surface area contributed by atoms with Crippen LogP contribution in [0.1, 0.15) is 17.5 Å². The maximum atomic E-state index is 13.5. The average molecular weight is 583 g/mol. The molecule has 3 aromatic rings. The van der Waals surface area contributed by atoms with E-state index in [2.05, 4.69) is 4.90 Å². The van der Waals surface area contributed by atoms with E-state index in [-0.39, 0.29) is 18.3 Å². The molecular formula is C27H33Cl2N3O5S. The molecule has 1 aliphatic heterocycles. The molecule has 1 aliphatic rings. The van der Waals surface area contributed by atoms with Gasteiger partial charge in [0, 0.05) is 32.3 Å². The summed E-state index contributed by atoms with van der Waals surface area (Å²) in [6, 6.07) is 7.42. The lowest BCUT2D eigenvalue weighted by Crippen LogP contribution is -2.39. The fourth-order valence-electron chi connectivity index (χ4n) is 4.24. The highest BCUT2D eigenvalue weighted by molar-refractivity contribution is 7.23. The first-order valence-electron chi connectivity index (χ1n) is 12.1. The number of anilines is 1. The van der Waals surface area contributed by atoms with Crippen molar-refractivity contribution in [1.82, 2.24) is 9.88 Å². The maximum absolute atomic E-state index is 13.5. The van der Waals surface area contributed by atoms with Crippen LogP contribution >= 0.6 is 35.3 Å². The number of carbonyl (C=O) groups excluding carboxylic acids is 1. The Labute approximate surface area is 238 Å². The number of rotatable bonds is 10. The molecule has 0 bridgehead atoms. The van der Waals surface area contributed by atoms with Crippen molar-refractivity contribution < 1.29 is 23.7 Å². The summed E-state index contributed by atoms with van der Waals surface area (Å²) < 4.78 is 22.6. The number of fused-ring (bicyclic) bond motifs is 1. The van der Waals surface area contributed by atoms with Crippen molar-refractivity contribution in [3.8, 4) is 17.2 Å². The molecule has 1 amide bonds. The van der Waals surface area contributed by atoms with E-state index in [9.17, 15) is 4.79 Å². The largest absolute Gasteiger partial charge is 0.493 e. The van der Waals surface area contributed by atoms with Gasteiger partial charge in [-0.1, -0.05) is 29.0 Å². The molecule has 8 nitrogen and oxygen atoms in total. The van der Waals surface area contributed by atoms with Crippen LogP contribution in [0.2, 0.25) is 5.02 Å². The third kappa shape index (κ3) is 6.90. The topological polar surface area (TPSA) is 73.4 Å². The second-order valence-corrected chi connectivity index (χ2v) is 10.0. The standard InChI is InChI=1S/C27H32ClN3O5S.ClH/c1-18-6-8-20(28)26-24(18)29-27(37-26)31(11-5-10-30-12-14-36-15-13-30)23(32)9-7-19-16-21(33-2)25(35-4)22(17-19)34-3;/h6-9,16-17H,5,10-15H2,1-4H3;1H/b9-7+;. The summed E-state index contributed by atoms with van der Waals surface area (Å²) in [4.78, 5) is 22.4. The Morgan fingerprint density at radius 3 is 2.45 bits per heavy atom. The van der Waals surface area contributed by atoms with E-state index in [0.29, 0.717) is 33.9 Å². The first-order valence-corrected chi connectivity index (χ1v) is 13.3. The van der Waals surface area contributed by atoms with Gasteiger partial charge in [-0.3, -0.25) is 14.6 Å². The zero-order valence-electron chi connectivity index (χ0n) is 22.0. The number of nitrogens with zero attached hydrogens (tertiary/aromatic N) is 3. The quantitative estimate of drug-likeness (QED) is 0.294. The zero-order chi connectivity index (χ0) is 26.4. The van der Waals surface area contributed by atoms with Gasteiger partial charge in [0.05, 0.1) is 49.8 Å². The van der Waals surface area contributed by atoms with Crippen LogP contribution in [0.15, 0.2) is 30.3 Å². The first kappa shape index (κ1) is 30.0. The smallest absolute Gasteiger partial charge is 0.252 e. The summed E-state index contributed by atoms with van der Waals surface area (Å²) in [7, 11) is 4.68. The molecule has 0 atom stereocenters. The molecule has 1 fully saturated rings. The third-order valence-corrected chi connectivity index (χ3v) is 7.79. The van der Waals surface area contributed by atoms with E-state index >= 15 is 0 Å². The molecule has 4 rings (SSSR count). The van der Waals surface area contributed by atoms with Gasteiger partial charge in [0.1, 0.15) is 0 Å². The summed E-state index contributed by atoms with van der Waals surface area (Å²) >= 11 is 7.89. The number of benzene rings is 2. The predicted molar refractivity (Wildman–Crippen MR) is 156 cm³/mol. The highest BCUT2D eigenvalue weighted by Crippen LogP contribution is 2.39. The van der Waals surface area contributed by atoms with Gasteiger partial charge in [-0.25, -0.2) is 4.98 Å². The van der Waals surface area contributed by atoms with Crippen LogP contribution in [0.25, 0.3) is 16.3 Å². The molecule has 2 heterocycles. The van der Waals surface area contributed by atoms with Crippen LogP contribution in [-0.4, -0.2) is 76.5 Å². The summed E-state index contributed by atoms with van der Waals surface area (Å²) in [5, 5.41) is 1.27. The van der Waals surface area contributed by atoms with E-state index < -0.39 is 0 Å².